The first-order chi connectivity index (χ1) is 18.1. The Morgan fingerprint density at radius 3 is 2.46 bits per heavy atom. The fourth-order valence-corrected chi connectivity index (χ4v) is 5.66. The highest BCUT2D eigenvalue weighted by atomic mass is 16.7. The monoisotopic (exact) mass is 522 g/mol. The molecule has 2 aliphatic heterocycles. The van der Waals surface area contributed by atoms with Crippen LogP contribution in [0.25, 0.3) is 0 Å². The fourth-order valence-electron chi connectivity index (χ4n) is 5.66. The van der Waals surface area contributed by atoms with E-state index in [9.17, 15) is 9.90 Å². The number of carboxylic acid groups (broad SMARTS) is 1. The Labute approximate surface area is 223 Å². The van der Waals surface area contributed by atoms with E-state index in [0.717, 1.165) is 77.4 Å². The number of aliphatic carboxylic acids is 1. The third-order valence-electron chi connectivity index (χ3n) is 7.80. The van der Waals surface area contributed by atoms with Crippen LogP contribution < -0.4 is 0 Å². The predicted octanol–water partition coefficient (Wildman–Crippen LogP) is 6.14. The third kappa shape index (κ3) is 11.2. The zero-order chi connectivity index (χ0) is 26.3. The summed E-state index contributed by atoms with van der Waals surface area (Å²) in [5.41, 5.74) is 0. The lowest BCUT2D eigenvalue weighted by atomic mass is 9.89. The maximum absolute atomic E-state index is 11.0. The molecule has 2 saturated heterocycles. The van der Waals surface area contributed by atoms with Crippen molar-refractivity contribution in [1.82, 2.24) is 0 Å². The van der Waals surface area contributed by atoms with Crippen molar-refractivity contribution in [3.63, 3.8) is 0 Å². The van der Waals surface area contributed by atoms with Gasteiger partial charge in [0.15, 0.2) is 12.6 Å². The Morgan fingerprint density at radius 1 is 1.03 bits per heavy atom. The van der Waals surface area contributed by atoms with Gasteiger partial charge in [-0.25, -0.2) is 0 Å². The standard InChI is InChI=1S/C30H50O7/c1-2-3-6-13-23(36-29-16-9-11-20-34-29)18-19-25-24(14-7-4-5-8-15-28(32)33)26(31)22-27(25)37-30-17-10-12-21-35-30/h4,7,18-19,23-27,29-31H,2-3,5-6,8-17,20-22H2,1H3,(H,32,33)/t23?,24-,25-,26?,27?,29?,30?/m1/s1. The minimum atomic E-state index is -0.760. The van der Waals surface area contributed by atoms with Gasteiger partial charge in [0.05, 0.1) is 18.3 Å². The lowest BCUT2D eigenvalue weighted by molar-refractivity contribution is -0.193. The molecule has 0 amide bonds. The second kappa shape index (κ2) is 17.4. The number of ether oxygens (including phenoxy) is 4. The SMILES string of the molecule is CCCCCC(C=C[C@H]1C(OC2CCCCO2)CC(O)[C@@H]1CC=CCCCC(=O)O)OC1CCCCO1. The van der Waals surface area contributed by atoms with Crippen LogP contribution >= 0.6 is 0 Å². The molecule has 3 fully saturated rings. The predicted molar refractivity (Wildman–Crippen MR) is 143 cm³/mol. The second-order valence-electron chi connectivity index (χ2n) is 10.9. The third-order valence-corrected chi connectivity index (χ3v) is 7.80. The van der Waals surface area contributed by atoms with E-state index >= 15 is 0 Å². The molecule has 37 heavy (non-hydrogen) atoms. The summed E-state index contributed by atoms with van der Waals surface area (Å²) >= 11 is 0. The summed E-state index contributed by atoms with van der Waals surface area (Å²) in [5, 5.41) is 19.9. The average Bonchev–Trinajstić information content (AvgIpc) is 3.19. The number of allylic oxidation sites excluding steroid dienone is 2. The molecule has 2 N–H and O–H groups in total. The van der Waals surface area contributed by atoms with Gasteiger partial charge >= 0.3 is 5.97 Å². The molecule has 0 spiro atoms. The Bertz CT molecular complexity index is 681. The van der Waals surface area contributed by atoms with Crippen molar-refractivity contribution in [3.05, 3.63) is 24.3 Å². The van der Waals surface area contributed by atoms with Crippen molar-refractivity contribution in [3.8, 4) is 0 Å². The molecule has 0 aromatic heterocycles. The van der Waals surface area contributed by atoms with E-state index in [0.29, 0.717) is 12.8 Å². The van der Waals surface area contributed by atoms with Crippen molar-refractivity contribution in [1.29, 1.82) is 0 Å². The molecular formula is C30H50O7. The van der Waals surface area contributed by atoms with Crippen LogP contribution in [0, 0.1) is 11.8 Å². The summed E-state index contributed by atoms with van der Waals surface area (Å²) in [7, 11) is 0. The zero-order valence-electron chi connectivity index (χ0n) is 22.8. The Hall–Kier alpha value is -1.25. The van der Waals surface area contributed by atoms with Gasteiger partial charge in [0, 0.05) is 32.0 Å². The van der Waals surface area contributed by atoms with Crippen molar-refractivity contribution >= 4 is 5.97 Å². The number of rotatable bonds is 16. The zero-order valence-corrected chi connectivity index (χ0v) is 22.8. The van der Waals surface area contributed by atoms with E-state index in [4.69, 9.17) is 24.1 Å². The molecule has 1 saturated carbocycles. The molecule has 0 aromatic carbocycles. The van der Waals surface area contributed by atoms with Gasteiger partial charge in [0.2, 0.25) is 0 Å². The number of aliphatic hydroxyl groups excluding tert-OH is 1. The smallest absolute Gasteiger partial charge is 0.303 e. The quantitative estimate of drug-likeness (QED) is 0.186. The Balaban J connectivity index is 1.66. The lowest BCUT2D eigenvalue weighted by Gasteiger charge is -2.30. The highest BCUT2D eigenvalue weighted by Crippen LogP contribution is 2.39. The second-order valence-corrected chi connectivity index (χ2v) is 10.9. The molecule has 0 bridgehead atoms. The van der Waals surface area contributed by atoms with Crippen LogP contribution in [0.15, 0.2) is 24.3 Å². The van der Waals surface area contributed by atoms with Crippen LogP contribution in [0.4, 0.5) is 0 Å². The Kier molecular flexibility index (Phi) is 14.2. The maximum Gasteiger partial charge on any atom is 0.303 e. The van der Waals surface area contributed by atoms with Crippen LogP contribution in [-0.2, 0) is 23.7 Å². The van der Waals surface area contributed by atoms with Gasteiger partial charge < -0.3 is 29.2 Å². The van der Waals surface area contributed by atoms with Gasteiger partial charge in [0.25, 0.3) is 0 Å². The first-order valence-corrected chi connectivity index (χ1v) is 14.8. The summed E-state index contributed by atoms with van der Waals surface area (Å²) in [6.07, 6.45) is 21.3. The molecular weight excluding hydrogens is 472 g/mol. The Morgan fingerprint density at radius 2 is 1.78 bits per heavy atom. The van der Waals surface area contributed by atoms with E-state index in [1.807, 2.05) is 6.08 Å². The normalized spacial score (nSPS) is 31.8. The van der Waals surface area contributed by atoms with Crippen LogP contribution in [0.5, 0.6) is 0 Å². The van der Waals surface area contributed by atoms with Crippen LogP contribution in [0.1, 0.15) is 103 Å². The van der Waals surface area contributed by atoms with Crippen molar-refractivity contribution in [2.24, 2.45) is 11.8 Å². The molecule has 3 aliphatic rings. The van der Waals surface area contributed by atoms with Gasteiger partial charge in [0.1, 0.15) is 0 Å². The van der Waals surface area contributed by atoms with Gasteiger partial charge in [-0.1, -0.05) is 50.5 Å². The first-order valence-electron chi connectivity index (χ1n) is 14.8. The van der Waals surface area contributed by atoms with Crippen LogP contribution in [0.3, 0.4) is 0 Å². The molecule has 0 aromatic rings. The lowest BCUT2D eigenvalue weighted by Crippen LogP contribution is -2.31. The fraction of sp³-hybridized carbons (Fsp3) is 0.833. The maximum atomic E-state index is 11.0. The molecule has 7 nitrogen and oxygen atoms in total. The molecule has 212 valence electrons. The van der Waals surface area contributed by atoms with E-state index < -0.39 is 12.1 Å². The number of hydrogen-bond acceptors (Lipinski definition) is 6. The summed E-state index contributed by atoms with van der Waals surface area (Å²) in [6.45, 7) is 3.71. The van der Waals surface area contributed by atoms with E-state index in [1.54, 1.807) is 0 Å². The largest absolute Gasteiger partial charge is 0.481 e. The minimum Gasteiger partial charge on any atom is -0.481 e. The molecule has 0 radical (unpaired) electrons. The minimum absolute atomic E-state index is 0.00816. The van der Waals surface area contributed by atoms with Gasteiger partial charge in [-0.3, -0.25) is 4.79 Å². The summed E-state index contributed by atoms with van der Waals surface area (Å²) < 4.78 is 24.5. The number of hydrogen-bond donors (Lipinski definition) is 2. The van der Waals surface area contributed by atoms with Crippen molar-refractivity contribution in [2.45, 2.75) is 134 Å². The van der Waals surface area contributed by atoms with E-state index in [1.165, 1.54) is 12.8 Å². The van der Waals surface area contributed by atoms with Gasteiger partial charge in [-0.2, -0.15) is 0 Å². The van der Waals surface area contributed by atoms with Gasteiger partial charge in [-0.05, 0) is 70.1 Å². The van der Waals surface area contributed by atoms with Gasteiger partial charge in [-0.15, -0.1) is 0 Å². The summed E-state index contributed by atoms with van der Waals surface area (Å²) in [4.78, 5) is 10.8. The number of carboxylic acids is 1. The molecule has 7 heteroatoms. The molecule has 5 unspecified atom stereocenters. The molecule has 7 atom stereocenters. The van der Waals surface area contributed by atoms with Crippen molar-refractivity contribution < 1.29 is 34.0 Å². The van der Waals surface area contributed by atoms with E-state index in [2.05, 4.69) is 25.2 Å². The topological polar surface area (TPSA) is 94.5 Å². The molecule has 1 aliphatic carbocycles. The number of aliphatic hydroxyl groups is 1. The van der Waals surface area contributed by atoms with Crippen molar-refractivity contribution in [2.75, 3.05) is 13.2 Å². The van der Waals surface area contributed by atoms with Crippen LogP contribution in [-0.4, -0.2) is 60.3 Å². The first kappa shape index (κ1) is 30.3. The molecule has 2 heterocycles. The van der Waals surface area contributed by atoms with Crippen LogP contribution in [0.2, 0.25) is 0 Å². The summed E-state index contributed by atoms with van der Waals surface area (Å²) in [5.74, 6) is -0.652. The highest BCUT2D eigenvalue weighted by molar-refractivity contribution is 5.66. The number of unbranched alkanes of at least 4 members (excludes halogenated alkanes) is 3. The van der Waals surface area contributed by atoms with E-state index in [-0.39, 0.29) is 43.0 Å². The summed E-state index contributed by atoms with van der Waals surface area (Å²) in [6, 6.07) is 0. The average molecular weight is 523 g/mol. The molecule has 3 rings (SSSR count). The highest BCUT2D eigenvalue weighted by Gasteiger charge is 2.42. The number of carbonyl (C=O) groups is 1.